The number of hydrogen-bond donors (Lipinski definition) is 6. The number of methoxy groups -OCH3 is 1. The van der Waals surface area contributed by atoms with Crippen LogP contribution in [0.25, 0.3) is 10.8 Å². The van der Waals surface area contributed by atoms with Gasteiger partial charge in [-0.15, -0.1) is 0 Å². The minimum absolute atomic E-state index is 0.0399. The SMILES string of the molecule is COc1cc(O[C@@H]2O[C@H](C3(O)CCNCC3)[C@@H](O)[C@H](O)[C@H]2O)c2c(O)c(C(C)=O)c(C)cc2c1. The van der Waals surface area contributed by atoms with Crippen molar-refractivity contribution in [3.63, 3.8) is 0 Å². The topological polar surface area (TPSA) is 158 Å². The molecule has 2 aliphatic rings. The molecule has 5 atom stereocenters. The van der Waals surface area contributed by atoms with Gasteiger partial charge in [-0.3, -0.25) is 4.79 Å². The molecule has 0 aromatic heterocycles. The fraction of sp³-hybridized carbons (Fsp3) is 0.542. The zero-order chi connectivity index (χ0) is 24.8. The summed E-state index contributed by atoms with van der Waals surface area (Å²) in [6.07, 6.45) is -7.01. The highest BCUT2D eigenvalue weighted by Crippen LogP contribution is 2.42. The van der Waals surface area contributed by atoms with Crippen LogP contribution in [0.2, 0.25) is 0 Å². The first-order chi connectivity index (χ1) is 16.1. The average Bonchev–Trinajstić information content (AvgIpc) is 2.78. The van der Waals surface area contributed by atoms with E-state index in [1.54, 1.807) is 19.1 Å². The van der Waals surface area contributed by atoms with Crippen LogP contribution < -0.4 is 14.8 Å². The Labute approximate surface area is 196 Å². The molecule has 2 aromatic rings. The third-order valence-electron chi connectivity index (χ3n) is 6.75. The smallest absolute Gasteiger partial charge is 0.229 e. The van der Waals surface area contributed by atoms with Gasteiger partial charge in [0.05, 0.1) is 23.7 Å². The third kappa shape index (κ3) is 4.21. The van der Waals surface area contributed by atoms with E-state index >= 15 is 0 Å². The normalized spacial score (nSPS) is 29.1. The van der Waals surface area contributed by atoms with Crippen molar-refractivity contribution in [2.75, 3.05) is 20.2 Å². The van der Waals surface area contributed by atoms with Crippen LogP contribution >= 0.6 is 0 Å². The summed E-state index contributed by atoms with van der Waals surface area (Å²) in [5.41, 5.74) is -0.743. The van der Waals surface area contributed by atoms with Gasteiger partial charge in [-0.05, 0) is 56.8 Å². The molecular formula is C24H31NO9. The standard InChI is InChI=1S/C24H31NO9/c1-11-8-13-9-14(32-3)10-15(17(13)18(27)16(11)12(2)26)33-23-21(30)19(28)20(29)22(34-23)24(31)4-6-25-7-5-24/h8-10,19-23,25,27-31H,4-7H2,1-3H3/t19-,20-,21+,22-,23+/m0/s1. The van der Waals surface area contributed by atoms with E-state index < -0.39 is 36.3 Å². The fourth-order valence-corrected chi connectivity index (χ4v) is 4.91. The number of ether oxygens (including phenoxy) is 3. The number of Topliss-reactive ketones (excluding diaryl/α,β-unsaturated/α-hetero) is 1. The van der Waals surface area contributed by atoms with Crippen molar-refractivity contribution in [1.82, 2.24) is 5.32 Å². The van der Waals surface area contributed by atoms with Crippen LogP contribution in [0.1, 0.15) is 35.7 Å². The lowest BCUT2D eigenvalue weighted by molar-refractivity contribution is -0.307. The Morgan fingerprint density at radius 2 is 1.79 bits per heavy atom. The highest BCUT2D eigenvalue weighted by molar-refractivity contribution is 6.07. The summed E-state index contributed by atoms with van der Waals surface area (Å²) in [6.45, 7) is 4.03. The van der Waals surface area contributed by atoms with Crippen molar-refractivity contribution in [3.05, 3.63) is 29.3 Å². The van der Waals surface area contributed by atoms with Crippen molar-refractivity contribution in [1.29, 1.82) is 0 Å². The van der Waals surface area contributed by atoms with Crippen LogP contribution in [-0.2, 0) is 4.74 Å². The van der Waals surface area contributed by atoms with E-state index in [-0.39, 0.29) is 41.1 Å². The molecule has 10 nitrogen and oxygen atoms in total. The quantitative estimate of drug-likeness (QED) is 0.332. The van der Waals surface area contributed by atoms with E-state index in [1.807, 2.05) is 0 Å². The van der Waals surface area contributed by atoms with E-state index in [9.17, 15) is 30.3 Å². The number of carbonyl (C=O) groups is 1. The predicted molar refractivity (Wildman–Crippen MR) is 121 cm³/mol. The number of rotatable bonds is 5. The molecular weight excluding hydrogens is 446 g/mol. The Kier molecular flexibility index (Phi) is 6.74. The van der Waals surface area contributed by atoms with Crippen molar-refractivity contribution in [2.45, 2.75) is 63.0 Å². The number of ketones is 1. The first-order valence-corrected chi connectivity index (χ1v) is 11.2. The first-order valence-electron chi connectivity index (χ1n) is 11.2. The molecule has 2 heterocycles. The van der Waals surface area contributed by atoms with Gasteiger partial charge in [-0.25, -0.2) is 0 Å². The molecule has 0 amide bonds. The maximum atomic E-state index is 12.2. The van der Waals surface area contributed by atoms with E-state index in [0.717, 1.165) is 0 Å². The molecule has 34 heavy (non-hydrogen) atoms. The molecule has 0 saturated carbocycles. The molecule has 2 fully saturated rings. The maximum absolute atomic E-state index is 12.2. The number of aromatic hydroxyl groups is 1. The number of benzene rings is 2. The lowest BCUT2D eigenvalue weighted by Crippen LogP contribution is -2.67. The zero-order valence-electron chi connectivity index (χ0n) is 19.3. The van der Waals surface area contributed by atoms with Crippen molar-refractivity contribution < 1.29 is 44.5 Å². The summed E-state index contributed by atoms with van der Waals surface area (Å²) in [5.74, 6) is -0.201. The van der Waals surface area contributed by atoms with Crippen LogP contribution in [0.3, 0.4) is 0 Å². The Hall–Kier alpha value is -2.47. The first kappa shape index (κ1) is 24.6. The lowest BCUT2D eigenvalue weighted by atomic mass is 9.80. The molecule has 0 spiro atoms. The number of fused-ring (bicyclic) bond motifs is 1. The summed E-state index contributed by atoms with van der Waals surface area (Å²) in [5, 5.41) is 57.6. The molecule has 0 aliphatic carbocycles. The number of nitrogens with one attached hydrogen (secondary N) is 1. The number of aliphatic hydroxyl groups is 4. The van der Waals surface area contributed by atoms with Crippen molar-refractivity contribution in [3.8, 4) is 17.2 Å². The molecule has 4 rings (SSSR count). The monoisotopic (exact) mass is 477 g/mol. The van der Waals surface area contributed by atoms with Gasteiger partial charge in [0, 0.05) is 6.07 Å². The molecule has 0 bridgehead atoms. The number of hydrogen-bond acceptors (Lipinski definition) is 10. The van der Waals surface area contributed by atoms with E-state index in [0.29, 0.717) is 29.8 Å². The predicted octanol–water partition coefficient (Wildman–Crippen LogP) is 0.366. The highest BCUT2D eigenvalue weighted by atomic mass is 16.7. The number of phenolic OH excluding ortho intramolecular Hbond substituents is 1. The highest BCUT2D eigenvalue weighted by Gasteiger charge is 2.53. The molecule has 0 unspecified atom stereocenters. The van der Waals surface area contributed by atoms with Crippen LogP contribution in [0.15, 0.2) is 18.2 Å². The minimum atomic E-state index is -1.65. The lowest BCUT2D eigenvalue weighted by Gasteiger charge is -2.48. The second-order valence-corrected chi connectivity index (χ2v) is 9.07. The third-order valence-corrected chi connectivity index (χ3v) is 6.75. The Balaban J connectivity index is 1.77. The molecule has 0 radical (unpaired) electrons. The second-order valence-electron chi connectivity index (χ2n) is 9.07. The number of aryl methyl sites for hydroxylation is 1. The largest absolute Gasteiger partial charge is 0.506 e. The Morgan fingerprint density at radius 1 is 1.12 bits per heavy atom. The van der Waals surface area contributed by atoms with Gasteiger partial charge in [-0.2, -0.15) is 0 Å². The number of phenols is 1. The van der Waals surface area contributed by atoms with Gasteiger partial charge in [0.15, 0.2) is 5.78 Å². The average molecular weight is 478 g/mol. The van der Waals surface area contributed by atoms with Crippen LogP contribution in [0, 0.1) is 6.92 Å². The minimum Gasteiger partial charge on any atom is -0.506 e. The van der Waals surface area contributed by atoms with Crippen LogP contribution in [-0.4, -0.2) is 87.8 Å². The summed E-state index contributed by atoms with van der Waals surface area (Å²) in [7, 11) is 1.45. The Morgan fingerprint density at radius 3 is 2.41 bits per heavy atom. The van der Waals surface area contributed by atoms with E-state index in [2.05, 4.69) is 5.32 Å². The summed E-state index contributed by atoms with van der Waals surface area (Å²) in [6, 6.07) is 4.83. The maximum Gasteiger partial charge on any atom is 0.229 e. The van der Waals surface area contributed by atoms with E-state index in [4.69, 9.17) is 14.2 Å². The summed E-state index contributed by atoms with van der Waals surface area (Å²) in [4.78, 5) is 12.2. The van der Waals surface area contributed by atoms with Gasteiger partial charge >= 0.3 is 0 Å². The number of carbonyl (C=O) groups excluding carboxylic acids is 1. The van der Waals surface area contributed by atoms with Crippen LogP contribution in [0.5, 0.6) is 17.2 Å². The van der Waals surface area contributed by atoms with E-state index in [1.165, 1.54) is 20.1 Å². The van der Waals surface area contributed by atoms with Gasteiger partial charge in [0.25, 0.3) is 0 Å². The number of piperidine rings is 1. The summed E-state index contributed by atoms with van der Waals surface area (Å²) < 4.78 is 17.1. The van der Waals surface area contributed by atoms with Gasteiger partial charge < -0.3 is 45.1 Å². The van der Waals surface area contributed by atoms with Crippen molar-refractivity contribution >= 4 is 16.6 Å². The second kappa shape index (κ2) is 9.29. The zero-order valence-corrected chi connectivity index (χ0v) is 19.3. The molecule has 6 N–H and O–H groups in total. The molecule has 2 aromatic carbocycles. The van der Waals surface area contributed by atoms with Gasteiger partial charge in [-0.1, -0.05) is 6.07 Å². The van der Waals surface area contributed by atoms with Gasteiger partial charge in [0.2, 0.25) is 6.29 Å². The molecule has 2 saturated heterocycles. The molecule has 186 valence electrons. The van der Waals surface area contributed by atoms with Crippen molar-refractivity contribution in [2.24, 2.45) is 0 Å². The fourth-order valence-electron chi connectivity index (χ4n) is 4.91. The number of aliphatic hydroxyl groups excluding tert-OH is 3. The molecule has 10 heteroatoms. The summed E-state index contributed by atoms with van der Waals surface area (Å²) >= 11 is 0. The Bertz CT molecular complexity index is 1080. The van der Waals surface area contributed by atoms with Gasteiger partial charge in [0.1, 0.15) is 41.7 Å². The molecule has 2 aliphatic heterocycles. The van der Waals surface area contributed by atoms with Crippen LogP contribution in [0.4, 0.5) is 0 Å².